The third-order valence-electron chi connectivity index (χ3n) is 6.05. The standard InChI is InChI=1S/C20H26BrNO2/c1-14-20(12-6-5-7-17(20)21)19(2,3)18(23)22(14)13-15-8-10-16(24-4)11-9-15/h8-11,17H,1,5-7,12-13H2,2-4H3/t17-,20+/m0/s1. The van der Waals surface area contributed by atoms with Crippen molar-refractivity contribution in [3.05, 3.63) is 42.1 Å². The molecule has 24 heavy (non-hydrogen) atoms. The van der Waals surface area contributed by atoms with Crippen molar-refractivity contribution in [3.63, 3.8) is 0 Å². The quantitative estimate of drug-likeness (QED) is 0.685. The first-order valence-electron chi connectivity index (χ1n) is 8.63. The number of alkyl halides is 1. The normalized spacial score (nSPS) is 29.3. The molecule has 4 heteroatoms. The molecule has 1 amide bonds. The first kappa shape index (κ1) is 17.5. The second-order valence-corrected chi connectivity index (χ2v) is 8.60. The Hall–Kier alpha value is -1.29. The molecule has 1 aromatic rings. The number of allylic oxidation sites excluding steroid dienone is 1. The van der Waals surface area contributed by atoms with Crippen molar-refractivity contribution in [2.75, 3.05) is 7.11 Å². The summed E-state index contributed by atoms with van der Waals surface area (Å²) in [4.78, 5) is 15.4. The molecule has 3 nitrogen and oxygen atoms in total. The second-order valence-electron chi connectivity index (χ2n) is 7.50. The summed E-state index contributed by atoms with van der Waals surface area (Å²) in [6, 6.07) is 7.91. The molecular weight excluding hydrogens is 366 g/mol. The number of ether oxygens (including phenoxy) is 1. The van der Waals surface area contributed by atoms with E-state index in [0.717, 1.165) is 36.3 Å². The highest BCUT2D eigenvalue weighted by Crippen LogP contribution is 2.62. The smallest absolute Gasteiger partial charge is 0.233 e. The lowest BCUT2D eigenvalue weighted by molar-refractivity contribution is -0.137. The number of hydrogen-bond acceptors (Lipinski definition) is 2. The van der Waals surface area contributed by atoms with Crippen molar-refractivity contribution < 1.29 is 9.53 Å². The van der Waals surface area contributed by atoms with Crippen LogP contribution in [0.15, 0.2) is 36.5 Å². The van der Waals surface area contributed by atoms with Gasteiger partial charge < -0.3 is 9.64 Å². The summed E-state index contributed by atoms with van der Waals surface area (Å²) in [7, 11) is 1.66. The van der Waals surface area contributed by atoms with Gasteiger partial charge in [-0.15, -0.1) is 0 Å². The number of carbonyl (C=O) groups excluding carboxylic acids is 1. The summed E-state index contributed by atoms with van der Waals surface area (Å²) >= 11 is 3.89. The highest BCUT2D eigenvalue weighted by atomic mass is 79.9. The molecule has 1 aliphatic heterocycles. The number of amides is 1. The van der Waals surface area contributed by atoms with E-state index in [9.17, 15) is 4.79 Å². The highest BCUT2D eigenvalue weighted by Gasteiger charge is 2.63. The molecule has 0 unspecified atom stereocenters. The molecule has 2 aliphatic rings. The van der Waals surface area contributed by atoms with E-state index in [0.29, 0.717) is 11.4 Å². The Morgan fingerprint density at radius 1 is 1.29 bits per heavy atom. The monoisotopic (exact) mass is 391 g/mol. The summed E-state index contributed by atoms with van der Waals surface area (Å²) in [6.45, 7) is 9.15. The molecule has 0 bridgehead atoms. The maximum Gasteiger partial charge on any atom is 0.233 e. The van der Waals surface area contributed by atoms with Crippen molar-refractivity contribution in [2.45, 2.75) is 50.9 Å². The van der Waals surface area contributed by atoms with Gasteiger partial charge in [0.25, 0.3) is 0 Å². The van der Waals surface area contributed by atoms with E-state index in [1.165, 1.54) is 6.42 Å². The molecule has 130 valence electrons. The van der Waals surface area contributed by atoms with E-state index >= 15 is 0 Å². The maximum absolute atomic E-state index is 13.2. The minimum atomic E-state index is -0.425. The predicted octanol–water partition coefficient (Wildman–Crippen LogP) is 4.90. The van der Waals surface area contributed by atoms with Gasteiger partial charge in [0.1, 0.15) is 5.75 Å². The Kier molecular flexibility index (Phi) is 4.54. The van der Waals surface area contributed by atoms with Gasteiger partial charge in [0.2, 0.25) is 5.91 Å². The molecule has 0 radical (unpaired) electrons. The molecule has 2 atom stereocenters. The lowest BCUT2D eigenvalue weighted by Gasteiger charge is -2.46. The largest absolute Gasteiger partial charge is 0.497 e. The summed E-state index contributed by atoms with van der Waals surface area (Å²) in [5, 5.41) is 0. The first-order chi connectivity index (χ1) is 11.3. The summed E-state index contributed by atoms with van der Waals surface area (Å²) in [5.41, 5.74) is 1.48. The SMILES string of the molecule is C=C1N(Cc2ccc(OC)cc2)C(=O)C(C)(C)[C@]12CCCC[C@@H]2Br. The van der Waals surface area contributed by atoms with Crippen LogP contribution in [0.4, 0.5) is 0 Å². The minimum absolute atomic E-state index is 0.172. The fraction of sp³-hybridized carbons (Fsp3) is 0.550. The van der Waals surface area contributed by atoms with Crippen LogP contribution >= 0.6 is 15.9 Å². The van der Waals surface area contributed by atoms with Gasteiger partial charge in [-0.25, -0.2) is 0 Å². The number of halogens is 1. The fourth-order valence-electron chi connectivity index (χ4n) is 4.49. The van der Waals surface area contributed by atoms with Crippen LogP contribution in [0.25, 0.3) is 0 Å². The first-order valence-corrected chi connectivity index (χ1v) is 9.54. The van der Waals surface area contributed by atoms with Crippen LogP contribution in [-0.2, 0) is 11.3 Å². The number of methoxy groups -OCH3 is 1. The van der Waals surface area contributed by atoms with Gasteiger partial charge in [-0.2, -0.15) is 0 Å². The van der Waals surface area contributed by atoms with Crippen molar-refractivity contribution in [1.29, 1.82) is 0 Å². The van der Waals surface area contributed by atoms with E-state index in [2.05, 4.69) is 36.4 Å². The molecule has 1 saturated heterocycles. The number of nitrogens with zero attached hydrogens (tertiary/aromatic N) is 1. The summed E-state index contributed by atoms with van der Waals surface area (Å²) < 4.78 is 5.21. The lowest BCUT2D eigenvalue weighted by Crippen LogP contribution is -2.46. The van der Waals surface area contributed by atoms with Gasteiger partial charge in [-0.3, -0.25) is 4.79 Å². The number of carbonyl (C=O) groups is 1. The van der Waals surface area contributed by atoms with Gasteiger partial charge in [0.05, 0.1) is 19.1 Å². The van der Waals surface area contributed by atoms with Crippen LogP contribution in [0.5, 0.6) is 5.75 Å². The zero-order chi connectivity index (χ0) is 17.5. The third kappa shape index (κ3) is 2.42. The van der Waals surface area contributed by atoms with Crippen LogP contribution in [-0.4, -0.2) is 22.7 Å². The van der Waals surface area contributed by atoms with Gasteiger partial charge in [-0.1, -0.05) is 61.3 Å². The van der Waals surface area contributed by atoms with Crippen LogP contribution in [0.1, 0.15) is 45.1 Å². The maximum atomic E-state index is 13.2. The zero-order valence-corrected chi connectivity index (χ0v) is 16.4. The van der Waals surface area contributed by atoms with Gasteiger partial charge in [-0.05, 0) is 30.5 Å². The van der Waals surface area contributed by atoms with Crippen LogP contribution in [0.3, 0.4) is 0 Å². The Balaban J connectivity index is 1.92. The topological polar surface area (TPSA) is 29.5 Å². The van der Waals surface area contributed by atoms with E-state index in [1.807, 2.05) is 29.2 Å². The average molecular weight is 392 g/mol. The van der Waals surface area contributed by atoms with E-state index in [4.69, 9.17) is 4.74 Å². The fourth-order valence-corrected chi connectivity index (χ4v) is 5.88. The third-order valence-corrected chi connectivity index (χ3v) is 7.29. The lowest BCUT2D eigenvalue weighted by atomic mass is 9.59. The Bertz CT molecular complexity index is 652. The van der Waals surface area contributed by atoms with Crippen molar-refractivity contribution in [1.82, 2.24) is 4.90 Å². The molecule has 1 heterocycles. The van der Waals surface area contributed by atoms with Crippen molar-refractivity contribution >= 4 is 21.8 Å². The molecule has 1 aromatic carbocycles. The van der Waals surface area contributed by atoms with Crippen LogP contribution in [0, 0.1) is 10.8 Å². The van der Waals surface area contributed by atoms with Gasteiger partial charge >= 0.3 is 0 Å². The number of rotatable bonds is 3. The predicted molar refractivity (Wildman–Crippen MR) is 100 cm³/mol. The Morgan fingerprint density at radius 3 is 2.54 bits per heavy atom. The highest BCUT2D eigenvalue weighted by molar-refractivity contribution is 9.09. The van der Waals surface area contributed by atoms with E-state index < -0.39 is 5.41 Å². The van der Waals surface area contributed by atoms with E-state index in [-0.39, 0.29) is 11.3 Å². The van der Waals surface area contributed by atoms with Crippen LogP contribution in [0.2, 0.25) is 0 Å². The molecule has 1 aliphatic carbocycles. The molecule has 1 saturated carbocycles. The molecule has 3 rings (SSSR count). The van der Waals surface area contributed by atoms with Gasteiger partial charge in [0, 0.05) is 15.9 Å². The van der Waals surface area contributed by atoms with Crippen LogP contribution < -0.4 is 4.74 Å². The second kappa shape index (κ2) is 6.21. The molecule has 1 spiro atoms. The Labute approximate surface area is 153 Å². The van der Waals surface area contributed by atoms with Crippen molar-refractivity contribution in [2.24, 2.45) is 10.8 Å². The zero-order valence-electron chi connectivity index (χ0n) is 14.8. The van der Waals surface area contributed by atoms with E-state index in [1.54, 1.807) is 7.11 Å². The number of hydrogen-bond donors (Lipinski definition) is 0. The van der Waals surface area contributed by atoms with Gasteiger partial charge in [0.15, 0.2) is 0 Å². The molecule has 2 fully saturated rings. The minimum Gasteiger partial charge on any atom is -0.497 e. The summed E-state index contributed by atoms with van der Waals surface area (Å²) in [5.74, 6) is 1.02. The number of likely N-dealkylation sites (tertiary alicyclic amines) is 1. The molecule has 0 N–H and O–H groups in total. The molecular formula is C20H26BrNO2. The van der Waals surface area contributed by atoms with Crippen molar-refractivity contribution in [3.8, 4) is 5.75 Å². The number of benzene rings is 1. The average Bonchev–Trinajstić information content (AvgIpc) is 2.71. The summed E-state index contributed by atoms with van der Waals surface area (Å²) in [6.07, 6.45) is 4.51. The Morgan fingerprint density at radius 2 is 1.96 bits per heavy atom. The molecule has 0 aromatic heterocycles.